The van der Waals surface area contributed by atoms with E-state index >= 15 is 0 Å². The molecule has 1 aliphatic rings. The van der Waals surface area contributed by atoms with Gasteiger partial charge in [-0.15, -0.1) is 0 Å². The molecule has 1 heterocycles. The maximum absolute atomic E-state index is 11.9. The van der Waals surface area contributed by atoms with E-state index in [2.05, 4.69) is 16.2 Å². The van der Waals surface area contributed by atoms with E-state index in [4.69, 9.17) is 26.4 Å². The summed E-state index contributed by atoms with van der Waals surface area (Å²) in [6.07, 6.45) is 3.12. The van der Waals surface area contributed by atoms with Gasteiger partial charge in [0.15, 0.2) is 16.6 Å². The highest BCUT2D eigenvalue weighted by atomic mass is 32.1. The molecule has 0 saturated carbocycles. The Bertz CT molecular complexity index is 868. The van der Waals surface area contributed by atoms with Gasteiger partial charge in [-0.05, 0) is 60.6 Å². The van der Waals surface area contributed by atoms with Gasteiger partial charge in [0, 0.05) is 12.6 Å². The predicted molar refractivity (Wildman–Crippen MR) is 110 cm³/mol. The standard InChI is InChI=1S/C20H21N3O4S/c1-2-25-16-7-3-14(4-8-16)6-10-19(24)22-23-20(28)21-12-15-5-9-17-18(11-15)27-13-26-17/h3-11H,2,12-13H2,1H3,(H,22,24)(H2,21,23,28)/b10-6+. The van der Waals surface area contributed by atoms with Gasteiger partial charge in [-0.1, -0.05) is 18.2 Å². The lowest BCUT2D eigenvalue weighted by molar-refractivity contribution is -0.116. The average molecular weight is 399 g/mol. The summed E-state index contributed by atoms with van der Waals surface area (Å²) in [7, 11) is 0. The molecule has 8 heteroatoms. The normalized spacial score (nSPS) is 11.9. The molecule has 0 atom stereocenters. The molecular weight excluding hydrogens is 378 g/mol. The number of thiocarbonyl (C=S) groups is 1. The van der Waals surface area contributed by atoms with Gasteiger partial charge in [0.2, 0.25) is 6.79 Å². The Kier molecular flexibility index (Phi) is 6.69. The summed E-state index contributed by atoms with van der Waals surface area (Å²) < 4.78 is 16.0. The third-order valence-electron chi connectivity index (χ3n) is 3.81. The van der Waals surface area contributed by atoms with Crippen molar-refractivity contribution in [2.75, 3.05) is 13.4 Å². The van der Waals surface area contributed by atoms with Crippen molar-refractivity contribution in [2.24, 2.45) is 0 Å². The van der Waals surface area contributed by atoms with Crippen LogP contribution in [0.1, 0.15) is 18.1 Å². The molecule has 7 nitrogen and oxygen atoms in total. The van der Waals surface area contributed by atoms with Crippen LogP contribution in [0.4, 0.5) is 0 Å². The average Bonchev–Trinajstić information content (AvgIpc) is 3.18. The van der Waals surface area contributed by atoms with Crippen LogP contribution in [0.15, 0.2) is 48.5 Å². The largest absolute Gasteiger partial charge is 0.494 e. The lowest BCUT2D eigenvalue weighted by atomic mass is 10.2. The molecule has 3 rings (SSSR count). The zero-order valence-corrected chi connectivity index (χ0v) is 16.2. The number of hydrazine groups is 1. The minimum atomic E-state index is -0.318. The molecule has 1 aliphatic heterocycles. The number of nitrogens with one attached hydrogen (secondary N) is 3. The number of benzene rings is 2. The number of carbonyl (C=O) groups excluding carboxylic acids is 1. The highest BCUT2D eigenvalue weighted by Gasteiger charge is 2.13. The smallest absolute Gasteiger partial charge is 0.262 e. The van der Waals surface area contributed by atoms with Crippen LogP contribution in [0.25, 0.3) is 6.08 Å². The summed E-state index contributed by atoms with van der Waals surface area (Å²) in [6.45, 7) is 3.27. The van der Waals surface area contributed by atoms with Crippen molar-refractivity contribution < 1.29 is 19.0 Å². The number of fused-ring (bicyclic) bond motifs is 1. The van der Waals surface area contributed by atoms with E-state index < -0.39 is 0 Å². The van der Waals surface area contributed by atoms with Crippen molar-refractivity contribution in [3.63, 3.8) is 0 Å². The van der Waals surface area contributed by atoms with Gasteiger partial charge in [-0.25, -0.2) is 0 Å². The number of amides is 1. The van der Waals surface area contributed by atoms with E-state index in [1.807, 2.05) is 49.4 Å². The lowest BCUT2D eigenvalue weighted by Crippen LogP contribution is -2.45. The van der Waals surface area contributed by atoms with E-state index in [1.54, 1.807) is 6.08 Å². The third-order valence-corrected chi connectivity index (χ3v) is 4.05. The first kappa shape index (κ1) is 19.5. The first-order valence-corrected chi connectivity index (χ1v) is 9.18. The molecule has 0 aliphatic carbocycles. The highest BCUT2D eigenvalue weighted by molar-refractivity contribution is 7.80. The molecule has 0 spiro atoms. The molecule has 0 radical (unpaired) electrons. The van der Waals surface area contributed by atoms with E-state index in [1.165, 1.54) is 6.08 Å². The lowest BCUT2D eigenvalue weighted by Gasteiger charge is -2.11. The molecule has 0 bridgehead atoms. The SMILES string of the molecule is CCOc1ccc(/C=C/C(=O)NNC(=S)NCc2ccc3c(c2)OCO3)cc1. The van der Waals surface area contributed by atoms with Crippen LogP contribution in [0.3, 0.4) is 0 Å². The fourth-order valence-electron chi connectivity index (χ4n) is 2.45. The topological polar surface area (TPSA) is 80.9 Å². The number of hydrogen-bond donors (Lipinski definition) is 3. The van der Waals surface area contributed by atoms with Crippen LogP contribution in [0.5, 0.6) is 17.2 Å². The first-order valence-electron chi connectivity index (χ1n) is 8.77. The van der Waals surface area contributed by atoms with Crippen LogP contribution in [0.2, 0.25) is 0 Å². The Morgan fingerprint density at radius 2 is 1.93 bits per heavy atom. The van der Waals surface area contributed by atoms with Gasteiger partial charge in [0.05, 0.1) is 6.61 Å². The molecule has 2 aromatic carbocycles. The quantitative estimate of drug-likeness (QED) is 0.391. The van der Waals surface area contributed by atoms with Gasteiger partial charge in [0.1, 0.15) is 5.75 Å². The summed E-state index contributed by atoms with van der Waals surface area (Å²) in [5, 5.41) is 3.31. The molecule has 0 fully saturated rings. The maximum Gasteiger partial charge on any atom is 0.262 e. The van der Waals surface area contributed by atoms with Crippen LogP contribution < -0.4 is 30.4 Å². The van der Waals surface area contributed by atoms with Crippen molar-refractivity contribution in [3.05, 3.63) is 59.7 Å². The van der Waals surface area contributed by atoms with Crippen molar-refractivity contribution in [1.29, 1.82) is 0 Å². The van der Waals surface area contributed by atoms with Crippen LogP contribution in [0, 0.1) is 0 Å². The third kappa shape index (κ3) is 5.62. The second kappa shape index (κ2) is 9.61. The van der Waals surface area contributed by atoms with Gasteiger partial charge < -0.3 is 19.5 Å². The Hall–Kier alpha value is -3.26. The van der Waals surface area contributed by atoms with E-state index in [0.29, 0.717) is 24.0 Å². The molecule has 146 valence electrons. The second-order valence-corrected chi connectivity index (χ2v) is 6.23. The zero-order chi connectivity index (χ0) is 19.8. The Morgan fingerprint density at radius 3 is 2.71 bits per heavy atom. The Balaban J connectivity index is 1.39. The number of ether oxygens (including phenoxy) is 3. The molecule has 0 aromatic heterocycles. The fourth-order valence-corrected chi connectivity index (χ4v) is 2.57. The van der Waals surface area contributed by atoms with Crippen LogP contribution >= 0.6 is 12.2 Å². The minimum absolute atomic E-state index is 0.238. The maximum atomic E-state index is 11.9. The zero-order valence-electron chi connectivity index (χ0n) is 15.4. The minimum Gasteiger partial charge on any atom is -0.494 e. The second-order valence-electron chi connectivity index (χ2n) is 5.82. The fraction of sp³-hybridized carbons (Fsp3) is 0.200. The van der Waals surface area contributed by atoms with Gasteiger partial charge >= 0.3 is 0 Å². The van der Waals surface area contributed by atoms with Crippen LogP contribution in [-0.4, -0.2) is 24.4 Å². The van der Waals surface area contributed by atoms with E-state index in [9.17, 15) is 4.79 Å². The summed E-state index contributed by atoms with van der Waals surface area (Å²) in [4.78, 5) is 11.9. The summed E-state index contributed by atoms with van der Waals surface area (Å²) in [6, 6.07) is 13.1. The molecule has 3 N–H and O–H groups in total. The van der Waals surface area contributed by atoms with Gasteiger partial charge in [-0.3, -0.25) is 15.6 Å². The molecule has 0 saturated heterocycles. The Labute approximate surface area is 168 Å². The monoisotopic (exact) mass is 399 g/mol. The van der Waals surface area contributed by atoms with Crippen molar-refractivity contribution in [1.82, 2.24) is 16.2 Å². The van der Waals surface area contributed by atoms with Crippen LogP contribution in [-0.2, 0) is 11.3 Å². The van der Waals surface area contributed by atoms with Gasteiger partial charge in [-0.2, -0.15) is 0 Å². The predicted octanol–water partition coefficient (Wildman–Crippen LogP) is 2.52. The van der Waals surface area contributed by atoms with E-state index in [-0.39, 0.29) is 12.7 Å². The summed E-state index contributed by atoms with van der Waals surface area (Å²) in [5.41, 5.74) is 7.05. The molecule has 2 aromatic rings. The van der Waals surface area contributed by atoms with Crippen molar-refractivity contribution in [2.45, 2.75) is 13.5 Å². The molecule has 0 unspecified atom stereocenters. The molecule has 28 heavy (non-hydrogen) atoms. The molecule has 1 amide bonds. The highest BCUT2D eigenvalue weighted by Crippen LogP contribution is 2.32. The van der Waals surface area contributed by atoms with E-state index in [0.717, 1.165) is 22.6 Å². The number of hydrogen-bond acceptors (Lipinski definition) is 5. The first-order chi connectivity index (χ1) is 13.6. The Morgan fingerprint density at radius 1 is 1.14 bits per heavy atom. The number of rotatable bonds is 6. The summed E-state index contributed by atoms with van der Waals surface area (Å²) in [5.74, 6) is 1.92. The van der Waals surface area contributed by atoms with Crippen molar-refractivity contribution >= 4 is 29.3 Å². The summed E-state index contributed by atoms with van der Waals surface area (Å²) >= 11 is 5.16. The number of carbonyl (C=O) groups is 1. The van der Waals surface area contributed by atoms with Crippen molar-refractivity contribution in [3.8, 4) is 17.2 Å². The van der Waals surface area contributed by atoms with Gasteiger partial charge in [0.25, 0.3) is 5.91 Å². The molecular formula is C20H21N3O4S.